The van der Waals surface area contributed by atoms with Crippen LogP contribution < -0.4 is 21.5 Å². The predicted molar refractivity (Wildman–Crippen MR) is 173 cm³/mol. The van der Waals surface area contributed by atoms with Gasteiger partial charge in [0.05, 0.1) is 0 Å². The Balaban J connectivity index is 1.50. The second-order valence-electron chi connectivity index (χ2n) is 10.7. The van der Waals surface area contributed by atoms with E-state index in [1.54, 1.807) is 25.4 Å². The second-order valence-corrected chi connectivity index (χ2v) is 16.3. The van der Waals surface area contributed by atoms with E-state index in [0.29, 0.717) is 27.1 Å². The number of urea groups is 1. The van der Waals surface area contributed by atoms with Crippen molar-refractivity contribution in [1.82, 2.24) is 14.5 Å². The number of carbonyl (C=O) groups excluding carboxylic acids is 1. The van der Waals surface area contributed by atoms with E-state index in [1.807, 2.05) is 110 Å². The van der Waals surface area contributed by atoms with Crippen molar-refractivity contribution in [2.75, 3.05) is 13.1 Å². The molecule has 3 heterocycles. The van der Waals surface area contributed by atoms with Crippen molar-refractivity contribution in [3.63, 3.8) is 0 Å². The van der Waals surface area contributed by atoms with Crippen molar-refractivity contribution in [3.8, 4) is 0 Å². The van der Waals surface area contributed by atoms with Crippen molar-refractivity contribution >= 4 is 44.7 Å². The van der Waals surface area contributed by atoms with Crippen LogP contribution >= 0.6 is 6.83 Å². The quantitative estimate of drug-likeness (QED) is 0.259. The van der Waals surface area contributed by atoms with E-state index in [1.165, 1.54) is 15.5 Å². The van der Waals surface area contributed by atoms with Crippen molar-refractivity contribution < 1.29 is 21.5 Å². The van der Waals surface area contributed by atoms with E-state index in [0.717, 1.165) is 5.06 Å². The summed E-state index contributed by atoms with van der Waals surface area (Å²) < 4.78 is 42.4. The standard InChI is InChI=1S/C33H32N3O6PS/c1-3-23-43(27-13-7-4-8-14-27,28-15-9-5-10-16-28,29-17-11-6-12-18-29)42-44(39,40)41-36-31-25-35(33(36)38)22-20-30(31)26-19-21-34(2)32(37)24-26/h3-21,23-24,31H,22,25H2,1-2H3. The zero-order valence-electron chi connectivity index (χ0n) is 24.3. The molecule has 2 aliphatic heterocycles. The number of nitrogens with zero attached hydrogens (tertiary/aromatic N) is 3. The molecule has 226 valence electrons. The van der Waals surface area contributed by atoms with Crippen LogP contribution in [0.2, 0.25) is 0 Å². The van der Waals surface area contributed by atoms with Crippen LogP contribution in [0.4, 0.5) is 4.79 Å². The Morgan fingerprint density at radius 3 is 1.89 bits per heavy atom. The number of hydrogen-bond acceptors (Lipinski definition) is 6. The van der Waals surface area contributed by atoms with Crippen molar-refractivity contribution in [1.29, 1.82) is 0 Å². The summed E-state index contributed by atoms with van der Waals surface area (Å²) in [5, 5.41) is 2.76. The molecule has 2 amide bonds. The number of hydrogen-bond donors (Lipinski definition) is 0. The maximum atomic E-state index is 14.3. The van der Waals surface area contributed by atoms with Gasteiger partial charge in [-0.2, -0.15) is 0 Å². The molecular weight excluding hydrogens is 597 g/mol. The molecular formula is C33H32N3O6PS. The zero-order valence-corrected chi connectivity index (χ0v) is 26.0. The van der Waals surface area contributed by atoms with Crippen LogP contribution in [-0.4, -0.2) is 48.1 Å². The maximum absolute atomic E-state index is 14.3. The van der Waals surface area contributed by atoms with Gasteiger partial charge in [0.15, 0.2) is 0 Å². The minimum absolute atomic E-state index is 0.198. The van der Waals surface area contributed by atoms with Gasteiger partial charge in [-0.15, -0.1) is 0 Å². The molecule has 4 aromatic rings. The molecule has 0 N–H and O–H groups in total. The van der Waals surface area contributed by atoms with E-state index in [9.17, 15) is 18.0 Å². The summed E-state index contributed by atoms with van der Waals surface area (Å²) in [7, 11) is -3.30. The van der Waals surface area contributed by atoms with Gasteiger partial charge in [0, 0.05) is 0 Å². The Hall–Kier alpha value is -4.34. The number of pyridine rings is 1. The molecule has 11 heteroatoms. The zero-order chi connectivity index (χ0) is 31.0. The molecule has 44 heavy (non-hydrogen) atoms. The molecule has 1 aromatic heterocycles. The molecule has 9 nitrogen and oxygen atoms in total. The van der Waals surface area contributed by atoms with Gasteiger partial charge < -0.3 is 0 Å². The van der Waals surface area contributed by atoms with Gasteiger partial charge in [0.25, 0.3) is 0 Å². The third-order valence-electron chi connectivity index (χ3n) is 8.12. The Kier molecular flexibility index (Phi) is 7.63. The summed E-state index contributed by atoms with van der Waals surface area (Å²) in [6.45, 7) is -2.21. The Morgan fingerprint density at radius 1 is 0.841 bits per heavy atom. The van der Waals surface area contributed by atoms with Crippen molar-refractivity contribution in [2.24, 2.45) is 7.05 Å². The van der Waals surface area contributed by atoms with Crippen molar-refractivity contribution in [3.05, 3.63) is 143 Å². The van der Waals surface area contributed by atoms with Gasteiger partial charge in [-0.3, -0.25) is 0 Å². The SMILES string of the molecule is CC=CP(OS(=O)(=O)ON1C(=O)N2CC=C(c3ccn(C)c(=O)c3)C1C2)(c1ccccc1)(c1ccccc1)c1ccccc1. The number of allylic oxidation sites excluding steroid dienone is 1. The van der Waals surface area contributed by atoms with Gasteiger partial charge in [-0.1, -0.05) is 0 Å². The number of amides is 2. The first-order chi connectivity index (χ1) is 21.2. The number of rotatable bonds is 9. The number of aromatic nitrogens is 1. The number of benzene rings is 3. The van der Waals surface area contributed by atoms with Crippen LogP contribution in [0, 0.1) is 0 Å². The molecule has 3 aromatic carbocycles. The van der Waals surface area contributed by atoms with Crippen LogP contribution in [0.3, 0.4) is 0 Å². The number of aryl methyl sites for hydroxylation is 1. The molecule has 1 saturated heterocycles. The summed E-state index contributed by atoms with van der Waals surface area (Å²) in [6.07, 6.45) is 5.24. The first-order valence-electron chi connectivity index (χ1n) is 14.1. The third kappa shape index (κ3) is 4.80. The number of fused-ring (bicyclic) bond motifs is 2. The van der Waals surface area contributed by atoms with Gasteiger partial charge in [0.1, 0.15) is 0 Å². The summed E-state index contributed by atoms with van der Waals surface area (Å²) in [5.41, 5.74) is 0.988. The fourth-order valence-electron chi connectivity index (χ4n) is 6.10. The van der Waals surface area contributed by atoms with Crippen LogP contribution in [0.15, 0.2) is 132 Å². The van der Waals surface area contributed by atoms with Crippen LogP contribution in [0.5, 0.6) is 0 Å². The molecule has 0 aliphatic carbocycles. The molecule has 0 radical (unpaired) electrons. The van der Waals surface area contributed by atoms with E-state index in [-0.39, 0.29) is 18.6 Å². The van der Waals surface area contributed by atoms with Gasteiger partial charge in [-0.25, -0.2) is 0 Å². The molecule has 1 atom stereocenters. The van der Waals surface area contributed by atoms with E-state index < -0.39 is 29.3 Å². The van der Waals surface area contributed by atoms with E-state index in [2.05, 4.69) is 0 Å². The third-order valence-corrected chi connectivity index (χ3v) is 15.3. The van der Waals surface area contributed by atoms with E-state index in [4.69, 9.17) is 8.25 Å². The van der Waals surface area contributed by atoms with Gasteiger partial charge >= 0.3 is 257 Å². The summed E-state index contributed by atoms with van der Waals surface area (Å²) in [4.78, 5) is 27.4. The fraction of sp³-hybridized carbons (Fsp3) is 0.152. The van der Waals surface area contributed by atoms with Crippen molar-refractivity contribution in [2.45, 2.75) is 13.0 Å². The normalized spacial score (nSPS) is 17.9. The second kappa shape index (κ2) is 11.3. The molecule has 2 bridgehead atoms. The summed E-state index contributed by atoms with van der Waals surface area (Å²) in [5.74, 6) is 1.82. The average Bonchev–Trinajstić information content (AvgIpc) is 3.27. The van der Waals surface area contributed by atoms with Crippen LogP contribution in [-0.2, 0) is 25.7 Å². The van der Waals surface area contributed by atoms with Crippen LogP contribution in [0.25, 0.3) is 5.57 Å². The number of hydroxylamine groups is 2. The first kappa shape index (κ1) is 29.7. The minimum atomic E-state index is -4.95. The Bertz CT molecular complexity index is 1830. The predicted octanol–water partition coefficient (Wildman–Crippen LogP) is 4.06. The van der Waals surface area contributed by atoms with Gasteiger partial charge in [0.2, 0.25) is 0 Å². The van der Waals surface area contributed by atoms with Gasteiger partial charge in [-0.05, 0) is 0 Å². The molecule has 1 fully saturated rings. The molecule has 2 aliphatic rings. The number of carbonyl (C=O) groups is 1. The van der Waals surface area contributed by atoms with Crippen LogP contribution in [0.1, 0.15) is 12.5 Å². The summed E-state index contributed by atoms with van der Waals surface area (Å²) >= 11 is 0. The Labute approximate surface area is 256 Å². The Morgan fingerprint density at radius 2 is 1.39 bits per heavy atom. The summed E-state index contributed by atoms with van der Waals surface area (Å²) in [6, 6.07) is 29.5. The van der Waals surface area contributed by atoms with E-state index >= 15 is 0 Å². The first-order valence-corrected chi connectivity index (χ1v) is 17.7. The fourth-order valence-corrected chi connectivity index (χ4v) is 13.6. The molecule has 0 saturated carbocycles. The molecule has 0 spiro atoms. The molecule has 6 rings (SSSR count). The monoisotopic (exact) mass is 629 g/mol. The molecule has 1 unspecified atom stereocenters. The topological polar surface area (TPSA) is 98.2 Å². The average molecular weight is 630 g/mol.